The van der Waals surface area contributed by atoms with E-state index >= 15 is 0 Å². The van der Waals surface area contributed by atoms with Crippen LogP contribution in [0.5, 0.6) is 17.4 Å². The van der Waals surface area contributed by atoms with Gasteiger partial charge in [0.25, 0.3) is 15.9 Å². The van der Waals surface area contributed by atoms with Crippen molar-refractivity contribution in [3.8, 4) is 17.4 Å². The summed E-state index contributed by atoms with van der Waals surface area (Å²) in [5.41, 5.74) is 5.87. The Morgan fingerprint density at radius 3 is 2.50 bits per heavy atom. The molecule has 17 heteroatoms. The van der Waals surface area contributed by atoms with Crippen molar-refractivity contribution in [1.29, 1.82) is 0 Å². The van der Waals surface area contributed by atoms with Gasteiger partial charge in [0.1, 0.15) is 40.9 Å². The third kappa shape index (κ3) is 9.87. The van der Waals surface area contributed by atoms with Crippen LogP contribution in [0.25, 0.3) is 16.5 Å². The maximum Gasteiger partial charge on any atom is 0.268 e. The Morgan fingerprint density at radius 1 is 0.984 bits per heavy atom. The molecule has 0 spiro atoms. The molecule has 0 saturated carbocycles. The number of carbonyl (C=O) groups is 1. The van der Waals surface area contributed by atoms with Gasteiger partial charge in [0.2, 0.25) is 5.88 Å². The monoisotopic (exact) mass is 907 g/mol. The number of anilines is 1. The van der Waals surface area contributed by atoms with Crippen LogP contribution in [0, 0.1) is 5.41 Å². The standard InChI is InChI=1S/C45H49Cl2F2N7O5S/c1-45(2)14-12-30(37(22-45)29-6-8-31(46)9-7-29)27-54-16-18-55(19-17-54)32-10-11-36(42(20-32)61-41-5-3-4-40-38(41)26-51-52-40)43(57)53-62(58,59)35-21-39(47)44(50-25-35)60-34-13-15-56(28-34)33(23-48)24-49/h3-11,20-21,25-26,33-34H,12-19,22-24,27-28H2,1-2H3,(H,51,52)(H,53,57). The van der Waals surface area contributed by atoms with Crippen molar-refractivity contribution in [2.75, 3.05) is 64.1 Å². The lowest BCUT2D eigenvalue weighted by atomic mass is 9.72. The van der Waals surface area contributed by atoms with Gasteiger partial charge in [0.05, 0.1) is 34.9 Å². The Balaban J connectivity index is 0.985. The first-order valence-corrected chi connectivity index (χ1v) is 23.0. The second-order valence-corrected chi connectivity index (χ2v) is 19.5. The number of alkyl halides is 2. The molecule has 1 amide bonds. The number of aromatic nitrogens is 3. The van der Waals surface area contributed by atoms with Gasteiger partial charge < -0.3 is 14.4 Å². The van der Waals surface area contributed by atoms with Crippen LogP contribution >= 0.6 is 23.2 Å². The second kappa shape index (κ2) is 18.5. The third-order valence-corrected chi connectivity index (χ3v) is 13.9. The number of rotatable bonds is 14. The molecular weight excluding hydrogens is 860 g/mol. The molecule has 2 fully saturated rings. The minimum Gasteiger partial charge on any atom is -0.472 e. The summed E-state index contributed by atoms with van der Waals surface area (Å²) in [5.74, 6) is -0.368. The van der Waals surface area contributed by atoms with Crippen LogP contribution in [0.1, 0.15) is 55.5 Å². The van der Waals surface area contributed by atoms with E-state index in [-0.39, 0.29) is 39.1 Å². The number of likely N-dealkylation sites (tertiary alicyclic amines) is 1. The number of aromatic amines is 1. The number of piperazine rings is 1. The molecule has 3 aliphatic rings. The second-order valence-electron chi connectivity index (χ2n) is 16.9. The van der Waals surface area contributed by atoms with Gasteiger partial charge in [-0.1, -0.05) is 60.8 Å². The zero-order valence-corrected chi connectivity index (χ0v) is 36.9. The summed E-state index contributed by atoms with van der Waals surface area (Å²) >= 11 is 12.7. The summed E-state index contributed by atoms with van der Waals surface area (Å²) in [7, 11) is -4.49. The molecule has 1 atom stereocenters. The van der Waals surface area contributed by atoms with Gasteiger partial charge in [-0.15, -0.1) is 0 Å². The number of allylic oxidation sites excluding steroid dienone is 1. The van der Waals surface area contributed by atoms with Gasteiger partial charge in [0, 0.05) is 62.6 Å². The quantitative estimate of drug-likeness (QED) is 0.112. The summed E-state index contributed by atoms with van der Waals surface area (Å²) in [6, 6.07) is 19.0. The van der Waals surface area contributed by atoms with Crippen molar-refractivity contribution in [3.05, 3.63) is 106 Å². The van der Waals surface area contributed by atoms with E-state index in [4.69, 9.17) is 32.7 Å². The number of hydrogen-bond acceptors (Lipinski definition) is 10. The molecular formula is C45H49Cl2F2N7O5S. The largest absolute Gasteiger partial charge is 0.472 e. The zero-order valence-electron chi connectivity index (χ0n) is 34.6. The number of pyridine rings is 1. The molecule has 2 saturated heterocycles. The van der Waals surface area contributed by atoms with Crippen molar-refractivity contribution in [1.82, 2.24) is 29.7 Å². The molecule has 0 radical (unpaired) electrons. The summed E-state index contributed by atoms with van der Waals surface area (Å²) in [6.07, 6.45) is 5.90. The number of amides is 1. The Hall–Kier alpha value is -4.80. The lowest BCUT2D eigenvalue weighted by Gasteiger charge is -2.39. The third-order valence-electron chi connectivity index (χ3n) is 12.1. The number of benzene rings is 3. The highest BCUT2D eigenvalue weighted by molar-refractivity contribution is 7.90. The summed E-state index contributed by atoms with van der Waals surface area (Å²) in [5, 5.41) is 8.36. The average Bonchev–Trinajstić information content (AvgIpc) is 3.94. The number of ether oxygens (including phenoxy) is 2. The van der Waals surface area contributed by atoms with Crippen molar-refractivity contribution in [2.45, 2.75) is 56.6 Å². The topological polar surface area (TPSA) is 133 Å². The molecule has 1 unspecified atom stereocenters. The maximum atomic E-state index is 13.9. The van der Waals surface area contributed by atoms with Crippen LogP contribution in [-0.2, 0) is 10.0 Å². The van der Waals surface area contributed by atoms with Gasteiger partial charge in [-0.2, -0.15) is 5.10 Å². The van der Waals surface area contributed by atoms with E-state index in [1.807, 2.05) is 18.2 Å². The number of carbonyl (C=O) groups excluding carboxylic acids is 1. The highest BCUT2D eigenvalue weighted by atomic mass is 35.5. The number of nitrogens with zero attached hydrogens (tertiary/aromatic N) is 5. The highest BCUT2D eigenvalue weighted by Gasteiger charge is 2.32. The van der Waals surface area contributed by atoms with Crippen LogP contribution in [0.3, 0.4) is 0 Å². The fraction of sp³-hybridized carbons (Fsp3) is 0.400. The molecule has 3 aromatic carbocycles. The van der Waals surface area contributed by atoms with Crippen molar-refractivity contribution < 1.29 is 31.5 Å². The van der Waals surface area contributed by atoms with Crippen LogP contribution in [0.2, 0.25) is 10.0 Å². The Kier molecular flexibility index (Phi) is 13.1. The summed E-state index contributed by atoms with van der Waals surface area (Å²) < 4.78 is 68.2. The lowest BCUT2D eigenvalue weighted by Crippen LogP contribution is -2.47. The maximum absolute atomic E-state index is 13.9. The lowest BCUT2D eigenvalue weighted by molar-refractivity contribution is 0.0979. The minimum atomic E-state index is -4.49. The molecule has 4 heterocycles. The van der Waals surface area contributed by atoms with E-state index in [1.54, 1.807) is 41.4 Å². The average molecular weight is 909 g/mol. The van der Waals surface area contributed by atoms with E-state index in [0.29, 0.717) is 24.1 Å². The van der Waals surface area contributed by atoms with Crippen LogP contribution in [0.4, 0.5) is 14.5 Å². The first-order chi connectivity index (χ1) is 29.8. The molecule has 62 heavy (non-hydrogen) atoms. The van der Waals surface area contributed by atoms with E-state index in [9.17, 15) is 22.0 Å². The predicted molar refractivity (Wildman–Crippen MR) is 238 cm³/mol. The van der Waals surface area contributed by atoms with Crippen molar-refractivity contribution in [2.24, 2.45) is 5.41 Å². The van der Waals surface area contributed by atoms with Crippen LogP contribution in [-0.4, -0.2) is 111 Å². The Bertz CT molecular complexity index is 2560. The smallest absolute Gasteiger partial charge is 0.268 e. The number of fused-ring (bicyclic) bond motifs is 1. The number of halogens is 4. The zero-order chi connectivity index (χ0) is 43.6. The van der Waals surface area contributed by atoms with E-state index in [0.717, 1.165) is 80.5 Å². The fourth-order valence-corrected chi connectivity index (χ4v) is 9.82. The predicted octanol–water partition coefficient (Wildman–Crippen LogP) is 8.72. The van der Waals surface area contributed by atoms with E-state index in [1.165, 1.54) is 16.7 Å². The van der Waals surface area contributed by atoms with Gasteiger partial charge >= 0.3 is 0 Å². The van der Waals surface area contributed by atoms with Crippen molar-refractivity contribution >= 4 is 61.3 Å². The van der Waals surface area contributed by atoms with Gasteiger partial charge in [-0.3, -0.25) is 19.7 Å². The molecule has 1 aliphatic carbocycles. The van der Waals surface area contributed by atoms with E-state index in [2.05, 4.69) is 55.7 Å². The van der Waals surface area contributed by atoms with Crippen molar-refractivity contribution in [3.63, 3.8) is 0 Å². The molecule has 2 aromatic heterocycles. The van der Waals surface area contributed by atoms with Gasteiger partial charge in [-0.25, -0.2) is 26.9 Å². The normalized spacial score (nSPS) is 18.8. The van der Waals surface area contributed by atoms with Gasteiger partial charge in [0.15, 0.2) is 0 Å². The summed E-state index contributed by atoms with van der Waals surface area (Å²) in [6.45, 7) is 7.73. The SMILES string of the molecule is CC1(C)CCC(CN2CCN(c3ccc(C(=O)NS(=O)(=O)c4cnc(OC5CCN(C(CF)CF)C5)c(Cl)c4)c(Oc4cccc5[nH]ncc45)c3)CC2)=C(c2ccc(Cl)cc2)C1. The Morgan fingerprint density at radius 2 is 1.76 bits per heavy atom. The Labute approximate surface area is 370 Å². The number of sulfonamides is 1. The first-order valence-electron chi connectivity index (χ1n) is 20.7. The number of hydrogen-bond donors (Lipinski definition) is 2. The molecule has 5 aromatic rings. The molecule has 0 bridgehead atoms. The van der Waals surface area contributed by atoms with E-state index < -0.39 is 41.4 Å². The minimum absolute atomic E-state index is 0.0111. The highest BCUT2D eigenvalue weighted by Crippen LogP contribution is 2.43. The molecule has 328 valence electrons. The number of H-pyrrole nitrogens is 1. The molecule has 2 aliphatic heterocycles. The first kappa shape index (κ1) is 43.8. The summed E-state index contributed by atoms with van der Waals surface area (Å²) in [4.78, 5) is 24.1. The molecule has 8 rings (SSSR count). The molecule has 12 nitrogen and oxygen atoms in total. The van der Waals surface area contributed by atoms with Crippen LogP contribution < -0.4 is 19.1 Å². The van der Waals surface area contributed by atoms with Crippen LogP contribution in [0.15, 0.2) is 89.6 Å². The number of nitrogens with one attached hydrogen (secondary N) is 2. The molecule has 2 N–H and O–H groups in total. The fourth-order valence-electron chi connectivity index (χ4n) is 8.48. The van der Waals surface area contributed by atoms with Gasteiger partial charge in [-0.05, 0) is 84.7 Å².